The maximum Gasteiger partial charge on any atom is 0.329 e. The van der Waals surface area contributed by atoms with Gasteiger partial charge in [-0.3, -0.25) is 4.79 Å². The van der Waals surface area contributed by atoms with E-state index in [2.05, 4.69) is 0 Å². The third kappa shape index (κ3) is 3.58. The Labute approximate surface area is 122 Å². The monoisotopic (exact) mass is 297 g/mol. The summed E-state index contributed by atoms with van der Waals surface area (Å²) in [5.74, 6) is -0.879. The minimum atomic E-state index is -0.951. The van der Waals surface area contributed by atoms with Crippen LogP contribution in [-0.2, 0) is 9.53 Å². The smallest absolute Gasteiger partial charge is 0.329 e. The SMILES string of the molecule is Cc1cc(C(=O)N2CCC(OCC(=O)O)CC2)sc1C. The normalized spacial score (nSPS) is 16.4. The van der Waals surface area contributed by atoms with E-state index < -0.39 is 5.97 Å². The van der Waals surface area contributed by atoms with Gasteiger partial charge >= 0.3 is 5.97 Å². The summed E-state index contributed by atoms with van der Waals surface area (Å²) in [7, 11) is 0. The topological polar surface area (TPSA) is 66.8 Å². The molecule has 110 valence electrons. The van der Waals surface area contributed by atoms with E-state index >= 15 is 0 Å². The average molecular weight is 297 g/mol. The largest absolute Gasteiger partial charge is 0.480 e. The number of piperidine rings is 1. The number of carboxylic acid groups (broad SMARTS) is 1. The lowest BCUT2D eigenvalue weighted by atomic mass is 10.1. The van der Waals surface area contributed by atoms with E-state index in [1.807, 2.05) is 24.8 Å². The molecule has 0 radical (unpaired) electrons. The fourth-order valence-electron chi connectivity index (χ4n) is 2.25. The molecule has 2 rings (SSSR count). The molecule has 1 aliphatic rings. The van der Waals surface area contributed by atoms with Gasteiger partial charge < -0.3 is 14.7 Å². The fraction of sp³-hybridized carbons (Fsp3) is 0.571. The summed E-state index contributed by atoms with van der Waals surface area (Å²) in [6.45, 7) is 5.01. The molecule has 0 unspecified atom stereocenters. The van der Waals surface area contributed by atoms with E-state index in [9.17, 15) is 9.59 Å². The predicted octanol–water partition coefficient (Wildman–Crippen LogP) is 2.07. The number of carbonyl (C=O) groups is 2. The molecule has 1 aromatic heterocycles. The molecule has 0 aromatic carbocycles. The van der Waals surface area contributed by atoms with E-state index in [1.54, 1.807) is 0 Å². The number of ether oxygens (including phenoxy) is 1. The van der Waals surface area contributed by atoms with Gasteiger partial charge in [0.25, 0.3) is 5.91 Å². The van der Waals surface area contributed by atoms with Gasteiger partial charge in [-0.25, -0.2) is 4.79 Å². The molecule has 5 nitrogen and oxygen atoms in total. The summed E-state index contributed by atoms with van der Waals surface area (Å²) in [5, 5.41) is 8.57. The zero-order valence-electron chi connectivity index (χ0n) is 11.7. The van der Waals surface area contributed by atoms with Gasteiger partial charge in [-0.05, 0) is 38.3 Å². The first-order chi connectivity index (χ1) is 9.47. The molecule has 0 spiro atoms. The molecule has 1 fully saturated rings. The second-order valence-corrected chi connectivity index (χ2v) is 6.30. The summed E-state index contributed by atoms with van der Waals surface area (Å²) < 4.78 is 5.27. The molecule has 1 aliphatic heterocycles. The Balaban J connectivity index is 1.87. The van der Waals surface area contributed by atoms with Crippen molar-refractivity contribution in [3.8, 4) is 0 Å². The first-order valence-electron chi connectivity index (χ1n) is 6.67. The first kappa shape index (κ1) is 15.0. The number of hydrogen-bond donors (Lipinski definition) is 1. The number of carboxylic acids is 1. The Kier molecular flexibility index (Phi) is 4.77. The van der Waals surface area contributed by atoms with Crippen molar-refractivity contribution in [3.63, 3.8) is 0 Å². The van der Waals surface area contributed by atoms with Gasteiger partial charge in [0.1, 0.15) is 6.61 Å². The van der Waals surface area contributed by atoms with Crippen LogP contribution in [0, 0.1) is 13.8 Å². The van der Waals surface area contributed by atoms with Gasteiger partial charge in [-0.1, -0.05) is 0 Å². The Bertz CT molecular complexity index is 484. The van der Waals surface area contributed by atoms with Crippen LogP contribution in [0.15, 0.2) is 6.07 Å². The van der Waals surface area contributed by atoms with Crippen LogP contribution < -0.4 is 0 Å². The number of thiophene rings is 1. The Hall–Kier alpha value is -1.40. The highest BCUT2D eigenvalue weighted by molar-refractivity contribution is 7.14. The molecule has 0 saturated carbocycles. The predicted molar refractivity (Wildman–Crippen MR) is 76.3 cm³/mol. The molecule has 0 bridgehead atoms. The summed E-state index contributed by atoms with van der Waals surface area (Å²) >= 11 is 1.53. The van der Waals surface area contributed by atoms with E-state index in [-0.39, 0.29) is 18.6 Å². The molecule has 6 heteroatoms. The molecular formula is C14H19NO4S. The minimum absolute atomic E-state index is 0.0537. The zero-order valence-corrected chi connectivity index (χ0v) is 12.5. The number of carbonyl (C=O) groups excluding carboxylic acids is 1. The van der Waals surface area contributed by atoms with Gasteiger partial charge in [0.15, 0.2) is 0 Å². The van der Waals surface area contributed by atoms with Crippen molar-refractivity contribution < 1.29 is 19.4 Å². The lowest BCUT2D eigenvalue weighted by molar-refractivity contribution is -0.145. The van der Waals surface area contributed by atoms with Gasteiger partial charge in [-0.2, -0.15) is 0 Å². The number of rotatable bonds is 4. The Morgan fingerprint density at radius 3 is 2.55 bits per heavy atom. The Morgan fingerprint density at radius 1 is 1.40 bits per heavy atom. The van der Waals surface area contributed by atoms with Gasteiger partial charge in [0.05, 0.1) is 11.0 Å². The van der Waals surface area contributed by atoms with Crippen molar-refractivity contribution in [2.24, 2.45) is 0 Å². The third-order valence-electron chi connectivity index (χ3n) is 3.55. The van der Waals surface area contributed by atoms with Crippen LogP contribution in [0.25, 0.3) is 0 Å². The van der Waals surface area contributed by atoms with E-state index in [0.717, 1.165) is 10.4 Å². The van der Waals surface area contributed by atoms with Crippen LogP contribution in [0.2, 0.25) is 0 Å². The summed E-state index contributed by atoms with van der Waals surface area (Å²) in [6, 6.07) is 1.94. The molecule has 20 heavy (non-hydrogen) atoms. The fourth-order valence-corrected chi connectivity index (χ4v) is 3.25. The summed E-state index contributed by atoms with van der Waals surface area (Å²) in [5.41, 5.74) is 1.15. The average Bonchev–Trinajstić information content (AvgIpc) is 2.76. The van der Waals surface area contributed by atoms with Crippen LogP contribution in [0.3, 0.4) is 0 Å². The lowest BCUT2D eigenvalue weighted by Crippen LogP contribution is -2.41. The van der Waals surface area contributed by atoms with Crippen LogP contribution in [0.1, 0.15) is 33.0 Å². The van der Waals surface area contributed by atoms with Crippen molar-refractivity contribution in [1.82, 2.24) is 4.90 Å². The van der Waals surface area contributed by atoms with Crippen LogP contribution in [0.5, 0.6) is 0 Å². The second kappa shape index (κ2) is 6.37. The number of aliphatic carboxylic acids is 1. The third-order valence-corrected chi connectivity index (χ3v) is 4.69. The zero-order chi connectivity index (χ0) is 14.7. The number of amides is 1. The maximum absolute atomic E-state index is 12.3. The van der Waals surface area contributed by atoms with Crippen molar-refractivity contribution in [1.29, 1.82) is 0 Å². The minimum Gasteiger partial charge on any atom is -0.480 e. The quantitative estimate of drug-likeness (QED) is 0.924. The van der Waals surface area contributed by atoms with Crippen LogP contribution in [-0.4, -0.2) is 47.7 Å². The van der Waals surface area contributed by atoms with Crippen molar-refractivity contribution in [3.05, 3.63) is 21.4 Å². The van der Waals surface area contributed by atoms with E-state index in [0.29, 0.717) is 25.9 Å². The molecule has 1 saturated heterocycles. The van der Waals surface area contributed by atoms with Crippen molar-refractivity contribution >= 4 is 23.2 Å². The highest BCUT2D eigenvalue weighted by atomic mass is 32.1. The molecule has 1 N–H and O–H groups in total. The molecule has 1 aromatic rings. The number of aryl methyl sites for hydroxylation is 2. The highest BCUT2D eigenvalue weighted by Crippen LogP contribution is 2.24. The first-order valence-corrected chi connectivity index (χ1v) is 7.48. The van der Waals surface area contributed by atoms with E-state index in [1.165, 1.54) is 16.2 Å². The molecule has 2 heterocycles. The van der Waals surface area contributed by atoms with Crippen LogP contribution >= 0.6 is 11.3 Å². The standard InChI is InChI=1S/C14H19NO4S/c1-9-7-12(20-10(9)2)14(18)15-5-3-11(4-6-15)19-8-13(16)17/h7,11H,3-6,8H2,1-2H3,(H,16,17). The van der Waals surface area contributed by atoms with Gasteiger partial charge in [0, 0.05) is 18.0 Å². The number of nitrogens with zero attached hydrogens (tertiary/aromatic N) is 1. The number of likely N-dealkylation sites (tertiary alicyclic amines) is 1. The highest BCUT2D eigenvalue weighted by Gasteiger charge is 2.25. The lowest BCUT2D eigenvalue weighted by Gasteiger charge is -2.31. The van der Waals surface area contributed by atoms with Gasteiger partial charge in [-0.15, -0.1) is 11.3 Å². The second-order valence-electron chi connectivity index (χ2n) is 5.05. The molecule has 1 amide bonds. The van der Waals surface area contributed by atoms with Crippen molar-refractivity contribution in [2.45, 2.75) is 32.8 Å². The number of hydrogen-bond acceptors (Lipinski definition) is 4. The molecular weight excluding hydrogens is 278 g/mol. The van der Waals surface area contributed by atoms with Gasteiger partial charge in [0.2, 0.25) is 0 Å². The summed E-state index contributed by atoms with van der Waals surface area (Å²) in [6.07, 6.45) is 1.34. The summed E-state index contributed by atoms with van der Waals surface area (Å²) in [4.78, 5) is 26.6. The maximum atomic E-state index is 12.3. The molecule has 0 atom stereocenters. The Morgan fingerprint density at radius 2 is 2.05 bits per heavy atom. The molecule has 0 aliphatic carbocycles. The van der Waals surface area contributed by atoms with Crippen LogP contribution in [0.4, 0.5) is 0 Å². The van der Waals surface area contributed by atoms with Crippen molar-refractivity contribution in [2.75, 3.05) is 19.7 Å². The van der Waals surface area contributed by atoms with E-state index in [4.69, 9.17) is 9.84 Å².